The summed E-state index contributed by atoms with van der Waals surface area (Å²) < 4.78 is 5.36. The molecule has 3 N–H and O–H groups in total. The van der Waals surface area contributed by atoms with E-state index in [2.05, 4.69) is 25.6 Å². The van der Waals surface area contributed by atoms with E-state index >= 15 is 0 Å². The van der Waals surface area contributed by atoms with Gasteiger partial charge in [0.1, 0.15) is 11.6 Å². The molecule has 0 radical (unpaired) electrons. The van der Waals surface area contributed by atoms with Crippen LogP contribution in [0.1, 0.15) is 12.5 Å². The smallest absolute Gasteiger partial charge is 0.225 e. The Morgan fingerprint density at radius 1 is 1.15 bits per heavy atom. The van der Waals surface area contributed by atoms with Crippen molar-refractivity contribution in [1.29, 1.82) is 0 Å². The molecule has 0 saturated heterocycles. The minimum atomic E-state index is 0.196. The molecule has 0 bridgehead atoms. The summed E-state index contributed by atoms with van der Waals surface area (Å²) in [6.45, 7) is 5.77. The molecule has 0 saturated carbocycles. The van der Waals surface area contributed by atoms with Gasteiger partial charge in [-0.05, 0) is 43.7 Å². The van der Waals surface area contributed by atoms with Gasteiger partial charge in [0, 0.05) is 31.0 Å². The standard InChI is InChI=1S/C20H23N5O2/c1-3-27-10-9-22-20-24-18(17-11-16(26)7-6-14(17)2)12-19(25-20)23-15-5-4-8-21-13-15/h4-8,11-13,26H,3,9-10H2,1-2H3,(H2,22,23,24,25). The first kappa shape index (κ1) is 18.6. The number of pyridine rings is 1. The van der Waals surface area contributed by atoms with Crippen molar-refractivity contribution in [3.8, 4) is 17.0 Å². The normalized spacial score (nSPS) is 10.6. The molecule has 3 aromatic rings. The minimum Gasteiger partial charge on any atom is -0.508 e. The van der Waals surface area contributed by atoms with Crippen molar-refractivity contribution in [2.45, 2.75) is 13.8 Å². The Morgan fingerprint density at radius 3 is 2.81 bits per heavy atom. The lowest BCUT2D eigenvalue weighted by atomic mass is 10.1. The summed E-state index contributed by atoms with van der Waals surface area (Å²) in [4.78, 5) is 13.2. The van der Waals surface area contributed by atoms with Crippen molar-refractivity contribution in [1.82, 2.24) is 15.0 Å². The van der Waals surface area contributed by atoms with Gasteiger partial charge >= 0.3 is 0 Å². The maximum atomic E-state index is 9.87. The molecule has 0 atom stereocenters. The fourth-order valence-corrected chi connectivity index (χ4v) is 2.58. The Hall–Kier alpha value is -3.19. The van der Waals surface area contributed by atoms with Crippen molar-refractivity contribution in [3.05, 3.63) is 54.4 Å². The van der Waals surface area contributed by atoms with Gasteiger partial charge in [-0.3, -0.25) is 4.98 Å². The first-order valence-corrected chi connectivity index (χ1v) is 8.83. The van der Waals surface area contributed by atoms with Crippen molar-refractivity contribution in [2.75, 3.05) is 30.4 Å². The molecule has 0 aliphatic heterocycles. The summed E-state index contributed by atoms with van der Waals surface area (Å²) in [6.07, 6.45) is 3.44. The maximum Gasteiger partial charge on any atom is 0.225 e. The average Bonchev–Trinajstić information content (AvgIpc) is 2.68. The summed E-state index contributed by atoms with van der Waals surface area (Å²) in [5, 5.41) is 16.3. The van der Waals surface area contributed by atoms with Crippen LogP contribution in [-0.4, -0.2) is 39.8 Å². The van der Waals surface area contributed by atoms with Crippen LogP contribution in [0.15, 0.2) is 48.8 Å². The summed E-state index contributed by atoms with van der Waals surface area (Å²) in [5.74, 6) is 1.32. The lowest BCUT2D eigenvalue weighted by Crippen LogP contribution is -2.12. The molecule has 7 nitrogen and oxygen atoms in total. The van der Waals surface area contributed by atoms with Gasteiger partial charge in [-0.15, -0.1) is 0 Å². The van der Waals surface area contributed by atoms with E-state index in [-0.39, 0.29) is 5.75 Å². The van der Waals surface area contributed by atoms with E-state index < -0.39 is 0 Å². The molecule has 7 heteroatoms. The zero-order valence-corrected chi connectivity index (χ0v) is 15.4. The van der Waals surface area contributed by atoms with Crippen LogP contribution in [-0.2, 0) is 4.74 Å². The van der Waals surface area contributed by atoms with Crippen LogP contribution in [0.4, 0.5) is 17.5 Å². The number of phenolic OH excluding ortho intramolecular Hbond substituents is 1. The van der Waals surface area contributed by atoms with Gasteiger partial charge in [0.2, 0.25) is 5.95 Å². The quantitative estimate of drug-likeness (QED) is 0.524. The van der Waals surface area contributed by atoms with Gasteiger partial charge in [-0.1, -0.05) is 6.07 Å². The van der Waals surface area contributed by atoms with E-state index in [0.29, 0.717) is 37.2 Å². The highest BCUT2D eigenvalue weighted by atomic mass is 16.5. The lowest BCUT2D eigenvalue weighted by Gasteiger charge is -2.13. The van der Waals surface area contributed by atoms with E-state index in [9.17, 15) is 5.11 Å². The van der Waals surface area contributed by atoms with Gasteiger partial charge in [-0.25, -0.2) is 4.98 Å². The first-order valence-electron chi connectivity index (χ1n) is 8.83. The fourth-order valence-electron chi connectivity index (χ4n) is 2.58. The summed E-state index contributed by atoms with van der Waals surface area (Å²) in [5.41, 5.74) is 3.40. The molecule has 2 heterocycles. The van der Waals surface area contributed by atoms with Crippen LogP contribution in [0.5, 0.6) is 5.75 Å². The van der Waals surface area contributed by atoms with Gasteiger partial charge in [0.15, 0.2) is 0 Å². The molecule has 0 unspecified atom stereocenters. The highest BCUT2D eigenvalue weighted by Crippen LogP contribution is 2.28. The number of aryl methyl sites for hydroxylation is 1. The first-order chi connectivity index (χ1) is 13.2. The number of hydrogen-bond donors (Lipinski definition) is 3. The van der Waals surface area contributed by atoms with Crippen LogP contribution < -0.4 is 10.6 Å². The highest BCUT2D eigenvalue weighted by molar-refractivity contribution is 5.70. The number of anilines is 3. The van der Waals surface area contributed by atoms with Gasteiger partial charge in [-0.2, -0.15) is 4.98 Å². The number of aromatic nitrogens is 3. The molecule has 3 rings (SSSR count). The van der Waals surface area contributed by atoms with E-state index in [1.807, 2.05) is 38.1 Å². The Morgan fingerprint density at radius 2 is 2.04 bits per heavy atom. The fraction of sp³-hybridized carbons (Fsp3) is 0.250. The second-order valence-electron chi connectivity index (χ2n) is 5.95. The summed E-state index contributed by atoms with van der Waals surface area (Å²) >= 11 is 0. The third-order valence-electron chi connectivity index (χ3n) is 3.89. The Balaban J connectivity index is 1.93. The number of benzene rings is 1. The largest absolute Gasteiger partial charge is 0.508 e. The van der Waals surface area contributed by atoms with Crippen LogP contribution in [0.3, 0.4) is 0 Å². The number of aromatic hydroxyl groups is 1. The van der Waals surface area contributed by atoms with Crippen LogP contribution >= 0.6 is 0 Å². The monoisotopic (exact) mass is 365 g/mol. The molecular formula is C20H23N5O2. The van der Waals surface area contributed by atoms with E-state index in [1.165, 1.54) is 0 Å². The zero-order chi connectivity index (χ0) is 19.1. The molecule has 0 amide bonds. The van der Waals surface area contributed by atoms with Crippen molar-refractivity contribution >= 4 is 17.5 Å². The lowest BCUT2D eigenvalue weighted by molar-refractivity contribution is 0.158. The molecule has 140 valence electrons. The highest BCUT2D eigenvalue weighted by Gasteiger charge is 2.10. The number of phenols is 1. The Bertz CT molecular complexity index is 887. The predicted molar refractivity (Wildman–Crippen MR) is 106 cm³/mol. The molecule has 1 aromatic carbocycles. The molecule has 0 fully saturated rings. The van der Waals surface area contributed by atoms with E-state index in [0.717, 1.165) is 16.8 Å². The number of nitrogens with zero attached hydrogens (tertiary/aromatic N) is 3. The SMILES string of the molecule is CCOCCNc1nc(Nc2cccnc2)cc(-c2cc(O)ccc2C)n1. The number of ether oxygens (including phenoxy) is 1. The van der Waals surface area contributed by atoms with E-state index in [1.54, 1.807) is 24.5 Å². The van der Waals surface area contributed by atoms with Gasteiger partial charge < -0.3 is 20.5 Å². The molecule has 0 spiro atoms. The zero-order valence-electron chi connectivity index (χ0n) is 15.4. The number of hydrogen-bond acceptors (Lipinski definition) is 7. The topological polar surface area (TPSA) is 92.2 Å². The molecule has 0 aliphatic carbocycles. The second kappa shape index (κ2) is 8.95. The Labute approximate surface area is 158 Å². The molecule has 27 heavy (non-hydrogen) atoms. The Kier molecular flexibility index (Phi) is 6.17. The third-order valence-corrected chi connectivity index (χ3v) is 3.89. The maximum absolute atomic E-state index is 9.87. The molecular weight excluding hydrogens is 342 g/mol. The van der Waals surface area contributed by atoms with Crippen molar-refractivity contribution in [2.24, 2.45) is 0 Å². The third kappa shape index (κ3) is 5.15. The summed E-state index contributed by atoms with van der Waals surface area (Å²) in [7, 11) is 0. The van der Waals surface area contributed by atoms with Crippen LogP contribution in [0.25, 0.3) is 11.3 Å². The van der Waals surface area contributed by atoms with Crippen LogP contribution in [0.2, 0.25) is 0 Å². The predicted octanol–water partition coefficient (Wildman–Crippen LogP) is 3.74. The molecule has 0 aliphatic rings. The van der Waals surface area contributed by atoms with Gasteiger partial charge in [0.25, 0.3) is 0 Å². The van der Waals surface area contributed by atoms with Crippen molar-refractivity contribution < 1.29 is 9.84 Å². The van der Waals surface area contributed by atoms with Gasteiger partial charge in [0.05, 0.1) is 24.2 Å². The second-order valence-corrected chi connectivity index (χ2v) is 5.95. The van der Waals surface area contributed by atoms with Crippen molar-refractivity contribution in [3.63, 3.8) is 0 Å². The van der Waals surface area contributed by atoms with E-state index in [4.69, 9.17) is 4.74 Å². The summed E-state index contributed by atoms with van der Waals surface area (Å²) in [6, 6.07) is 10.8. The number of rotatable bonds is 8. The average molecular weight is 365 g/mol. The van der Waals surface area contributed by atoms with Crippen LogP contribution in [0, 0.1) is 6.92 Å². The minimum absolute atomic E-state index is 0.196. The molecule has 2 aromatic heterocycles. The number of nitrogens with one attached hydrogen (secondary N) is 2.